The van der Waals surface area contributed by atoms with Crippen LogP contribution in [-0.2, 0) is 15.9 Å². The maximum atomic E-state index is 12.4. The van der Waals surface area contributed by atoms with E-state index in [4.69, 9.17) is 14.2 Å². The van der Waals surface area contributed by atoms with Gasteiger partial charge >= 0.3 is 5.97 Å². The third-order valence-electron chi connectivity index (χ3n) is 5.85. The summed E-state index contributed by atoms with van der Waals surface area (Å²) in [6.07, 6.45) is -4.75. The minimum atomic E-state index is -1.62. The van der Waals surface area contributed by atoms with Crippen LogP contribution in [0.25, 0.3) is 0 Å². The molecular formula is C24H36O10. The average Bonchev–Trinajstić information content (AvgIpc) is 2.80. The Labute approximate surface area is 199 Å². The van der Waals surface area contributed by atoms with Gasteiger partial charge in [-0.15, -0.1) is 0 Å². The van der Waals surface area contributed by atoms with Gasteiger partial charge in [-0.2, -0.15) is 0 Å². The van der Waals surface area contributed by atoms with Crippen LogP contribution in [0.15, 0.2) is 29.8 Å². The Balaban J connectivity index is 2.15. The molecule has 6 atom stereocenters. The molecule has 10 heteroatoms. The molecule has 1 heterocycles. The lowest BCUT2D eigenvalue weighted by molar-refractivity contribution is -0.277. The predicted molar refractivity (Wildman–Crippen MR) is 121 cm³/mol. The first-order chi connectivity index (χ1) is 15.9. The number of methoxy groups -OCH3 is 1. The molecule has 0 bridgehead atoms. The number of esters is 1. The molecule has 10 nitrogen and oxygen atoms in total. The van der Waals surface area contributed by atoms with Gasteiger partial charge in [0.25, 0.3) is 0 Å². The summed E-state index contributed by atoms with van der Waals surface area (Å²) in [7, 11) is 1.21. The van der Waals surface area contributed by atoms with Crippen LogP contribution in [0.3, 0.4) is 0 Å². The Hall–Kier alpha value is -2.05. The van der Waals surface area contributed by atoms with Gasteiger partial charge in [0.15, 0.2) is 0 Å². The summed E-state index contributed by atoms with van der Waals surface area (Å²) in [6.45, 7) is 4.42. The largest absolute Gasteiger partial charge is 0.465 e. The summed E-state index contributed by atoms with van der Waals surface area (Å²) < 4.78 is 15.8. The summed E-state index contributed by atoms with van der Waals surface area (Å²) in [5, 5.41) is 59.2. The molecule has 1 aliphatic heterocycles. The third-order valence-corrected chi connectivity index (χ3v) is 5.85. The molecule has 1 aromatic rings. The van der Waals surface area contributed by atoms with Crippen LogP contribution < -0.4 is 4.74 Å². The Bertz CT molecular complexity index is 845. The van der Waals surface area contributed by atoms with E-state index >= 15 is 0 Å². The smallest absolute Gasteiger partial charge is 0.341 e. The van der Waals surface area contributed by atoms with Crippen molar-refractivity contribution in [1.29, 1.82) is 0 Å². The Morgan fingerprint density at radius 2 is 1.88 bits per heavy atom. The molecule has 0 amide bonds. The van der Waals surface area contributed by atoms with Crippen LogP contribution in [0.5, 0.6) is 5.75 Å². The molecule has 0 spiro atoms. The summed E-state index contributed by atoms with van der Waals surface area (Å²) in [6, 6.07) is 4.78. The fourth-order valence-electron chi connectivity index (χ4n) is 3.48. The number of allylic oxidation sites excluding steroid dienone is 2. The second-order valence-electron chi connectivity index (χ2n) is 9.10. The predicted octanol–water partition coefficient (Wildman–Crippen LogP) is 0.0527. The van der Waals surface area contributed by atoms with Gasteiger partial charge in [-0.3, -0.25) is 0 Å². The zero-order chi connectivity index (χ0) is 25.6. The second-order valence-corrected chi connectivity index (χ2v) is 9.10. The van der Waals surface area contributed by atoms with Crippen LogP contribution in [0.1, 0.15) is 49.5 Å². The van der Waals surface area contributed by atoms with Crippen LogP contribution >= 0.6 is 0 Å². The number of aliphatic hydroxyl groups excluding tert-OH is 5. The van der Waals surface area contributed by atoms with Gasteiger partial charge in [-0.05, 0) is 57.7 Å². The fraction of sp³-hybridized carbons (Fsp3) is 0.625. The van der Waals surface area contributed by atoms with Gasteiger partial charge in [0.1, 0.15) is 35.7 Å². The summed E-state index contributed by atoms with van der Waals surface area (Å²) in [5.74, 6) is -0.649. The van der Waals surface area contributed by atoms with Gasteiger partial charge < -0.3 is 44.8 Å². The average molecular weight is 485 g/mol. The summed E-state index contributed by atoms with van der Waals surface area (Å²) in [5.41, 5.74) is 0.668. The fourth-order valence-corrected chi connectivity index (χ4v) is 3.48. The lowest BCUT2D eigenvalue weighted by Gasteiger charge is -2.39. The van der Waals surface area contributed by atoms with E-state index in [0.717, 1.165) is 11.1 Å². The van der Waals surface area contributed by atoms with Gasteiger partial charge in [-0.25, -0.2) is 4.79 Å². The number of hydrogen-bond donors (Lipinski definition) is 6. The highest BCUT2D eigenvalue weighted by Crippen LogP contribution is 2.28. The molecule has 1 aromatic carbocycles. The molecule has 0 unspecified atom stereocenters. The van der Waals surface area contributed by atoms with E-state index in [1.54, 1.807) is 26.0 Å². The molecule has 34 heavy (non-hydrogen) atoms. The van der Waals surface area contributed by atoms with Gasteiger partial charge in [0.2, 0.25) is 6.29 Å². The molecule has 1 aliphatic rings. The number of aliphatic hydroxyl groups is 6. The zero-order valence-corrected chi connectivity index (χ0v) is 19.9. The first-order valence-electron chi connectivity index (χ1n) is 11.1. The third kappa shape index (κ3) is 7.22. The van der Waals surface area contributed by atoms with Crippen LogP contribution in [-0.4, -0.2) is 92.7 Å². The highest BCUT2D eigenvalue weighted by molar-refractivity contribution is 5.92. The van der Waals surface area contributed by atoms with Crippen molar-refractivity contribution < 1.29 is 49.6 Å². The van der Waals surface area contributed by atoms with E-state index in [-0.39, 0.29) is 11.3 Å². The van der Waals surface area contributed by atoms with Gasteiger partial charge in [-0.1, -0.05) is 17.7 Å². The van der Waals surface area contributed by atoms with E-state index in [1.807, 2.05) is 13.0 Å². The standard InChI is InChI=1S/C24H36O10/c1-13(6-10-18(26)24(2,3)31)5-7-14-8-9-16(15(11-14)22(30)32-4)33-23-21(29)20(28)19(27)17(12-25)34-23/h5,8-9,11,17-21,23,25-29,31H,6-7,10,12H2,1-4H3/t17-,18+,19-,20+,21-,23-/m1/s1. The number of carbonyl (C=O) groups is 1. The van der Waals surface area contributed by atoms with Crippen molar-refractivity contribution in [1.82, 2.24) is 0 Å². The quantitative estimate of drug-likeness (QED) is 0.197. The van der Waals surface area contributed by atoms with E-state index in [0.29, 0.717) is 19.3 Å². The highest BCUT2D eigenvalue weighted by atomic mass is 16.7. The number of rotatable bonds is 10. The number of benzene rings is 1. The lowest BCUT2D eigenvalue weighted by Crippen LogP contribution is -2.60. The lowest BCUT2D eigenvalue weighted by atomic mass is 9.95. The molecule has 1 fully saturated rings. The molecule has 0 radical (unpaired) electrons. The molecular weight excluding hydrogens is 448 g/mol. The van der Waals surface area contributed by atoms with Crippen molar-refractivity contribution in [2.75, 3.05) is 13.7 Å². The Morgan fingerprint density at radius 3 is 2.47 bits per heavy atom. The molecule has 2 rings (SSSR count). The summed E-state index contributed by atoms with van der Waals surface area (Å²) >= 11 is 0. The normalized spacial score (nSPS) is 26.8. The first kappa shape index (κ1) is 28.2. The monoisotopic (exact) mass is 484 g/mol. The van der Waals surface area contributed by atoms with Crippen molar-refractivity contribution in [2.45, 2.75) is 82.4 Å². The SMILES string of the molecule is COC(=O)c1cc(CC=C(C)CC[C@H](O)C(C)(C)O)ccc1O[C@@H]1O[C@H](CO)[C@@H](O)[C@H](O)[C@H]1O. The van der Waals surface area contributed by atoms with Crippen molar-refractivity contribution in [2.24, 2.45) is 0 Å². The molecule has 6 N–H and O–H groups in total. The minimum absolute atomic E-state index is 0.0360. The van der Waals surface area contributed by atoms with Crippen LogP contribution in [0, 0.1) is 0 Å². The van der Waals surface area contributed by atoms with Crippen LogP contribution in [0.2, 0.25) is 0 Å². The van der Waals surface area contributed by atoms with E-state index < -0.39 is 55.0 Å². The summed E-state index contributed by atoms with van der Waals surface area (Å²) in [4.78, 5) is 12.4. The molecule has 0 aromatic heterocycles. The second kappa shape index (κ2) is 12.1. The first-order valence-corrected chi connectivity index (χ1v) is 11.1. The Kier molecular flexibility index (Phi) is 10.0. The van der Waals surface area contributed by atoms with Crippen molar-refractivity contribution in [3.05, 3.63) is 41.0 Å². The number of hydrogen-bond acceptors (Lipinski definition) is 10. The Morgan fingerprint density at radius 1 is 1.21 bits per heavy atom. The zero-order valence-electron chi connectivity index (χ0n) is 19.9. The van der Waals surface area contributed by atoms with E-state index in [9.17, 15) is 35.4 Å². The number of ether oxygens (including phenoxy) is 3. The van der Waals surface area contributed by atoms with Gasteiger partial charge in [0.05, 0.1) is 25.4 Å². The molecule has 0 saturated carbocycles. The number of carbonyl (C=O) groups excluding carboxylic acids is 1. The van der Waals surface area contributed by atoms with Crippen molar-refractivity contribution >= 4 is 5.97 Å². The van der Waals surface area contributed by atoms with Crippen molar-refractivity contribution in [3.63, 3.8) is 0 Å². The van der Waals surface area contributed by atoms with Crippen molar-refractivity contribution in [3.8, 4) is 5.75 Å². The van der Waals surface area contributed by atoms with E-state index in [2.05, 4.69) is 0 Å². The van der Waals surface area contributed by atoms with E-state index in [1.165, 1.54) is 13.2 Å². The maximum Gasteiger partial charge on any atom is 0.341 e. The minimum Gasteiger partial charge on any atom is -0.465 e. The van der Waals surface area contributed by atoms with Crippen LogP contribution in [0.4, 0.5) is 0 Å². The molecule has 1 saturated heterocycles. The van der Waals surface area contributed by atoms with Gasteiger partial charge in [0, 0.05) is 0 Å². The highest BCUT2D eigenvalue weighted by Gasteiger charge is 2.45. The maximum absolute atomic E-state index is 12.4. The molecule has 0 aliphatic carbocycles. The molecule has 192 valence electrons. The topological polar surface area (TPSA) is 166 Å².